The standard InChI is InChI=1S/C19H15F3N4O5/c20-13-3-1-11(6-15(13)22)24-17(27)8-23-19(29)10-5-18(28)25(9-10)12-2-4-14(21)16(7-12)26(30)31/h1-4,6-7,10H,5,8-9H2,(H,23,29)(H,24,27)/t10-/m0/s1. The summed E-state index contributed by atoms with van der Waals surface area (Å²) in [5, 5.41) is 15.5. The van der Waals surface area contributed by atoms with Gasteiger partial charge in [-0.2, -0.15) is 4.39 Å². The Morgan fingerprint density at radius 1 is 1.10 bits per heavy atom. The number of nitro groups is 1. The highest BCUT2D eigenvalue weighted by Gasteiger charge is 2.36. The van der Waals surface area contributed by atoms with E-state index in [1.807, 2.05) is 0 Å². The molecule has 0 unspecified atom stereocenters. The van der Waals surface area contributed by atoms with E-state index in [1.54, 1.807) is 0 Å². The lowest BCUT2D eigenvalue weighted by molar-refractivity contribution is -0.387. The molecule has 0 aliphatic carbocycles. The molecule has 0 spiro atoms. The number of halogens is 3. The molecule has 3 amide bonds. The van der Waals surface area contributed by atoms with Gasteiger partial charge in [-0.1, -0.05) is 0 Å². The van der Waals surface area contributed by atoms with Gasteiger partial charge in [0.05, 0.1) is 23.1 Å². The van der Waals surface area contributed by atoms with Crippen LogP contribution in [0.25, 0.3) is 0 Å². The van der Waals surface area contributed by atoms with Gasteiger partial charge in [0.25, 0.3) is 0 Å². The number of hydrogen-bond acceptors (Lipinski definition) is 5. The lowest BCUT2D eigenvalue weighted by Gasteiger charge is -2.16. The number of benzene rings is 2. The minimum absolute atomic E-state index is 0.00160. The van der Waals surface area contributed by atoms with Crippen molar-refractivity contribution in [1.29, 1.82) is 0 Å². The smallest absolute Gasteiger partial charge is 0.306 e. The Morgan fingerprint density at radius 2 is 1.81 bits per heavy atom. The molecule has 162 valence electrons. The Morgan fingerprint density at radius 3 is 2.48 bits per heavy atom. The molecule has 2 N–H and O–H groups in total. The fraction of sp³-hybridized carbons (Fsp3) is 0.211. The number of nitrogens with one attached hydrogen (secondary N) is 2. The van der Waals surface area contributed by atoms with Gasteiger partial charge in [0.2, 0.25) is 23.5 Å². The molecule has 12 heteroatoms. The highest BCUT2D eigenvalue weighted by molar-refractivity contribution is 6.01. The topological polar surface area (TPSA) is 122 Å². The van der Waals surface area contributed by atoms with Gasteiger partial charge in [-0.05, 0) is 24.3 Å². The monoisotopic (exact) mass is 436 g/mol. The molecule has 1 heterocycles. The first-order valence-corrected chi connectivity index (χ1v) is 8.92. The zero-order chi connectivity index (χ0) is 22.7. The minimum Gasteiger partial charge on any atom is -0.347 e. The number of carbonyl (C=O) groups is 3. The largest absolute Gasteiger partial charge is 0.347 e. The Balaban J connectivity index is 1.57. The molecule has 2 aromatic carbocycles. The van der Waals surface area contributed by atoms with E-state index in [9.17, 15) is 37.7 Å². The van der Waals surface area contributed by atoms with Gasteiger partial charge in [-0.25, -0.2) is 8.78 Å². The van der Waals surface area contributed by atoms with E-state index in [0.717, 1.165) is 35.2 Å². The second-order valence-electron chi connectivity index (χ2n) is 6.69. The van der Waals surface area contributed by atoms with Crippen molar-refractivity contribution >= 4 is 34.8 Å². The maximum absolute atomic E-state index is 13.5. The van der Waals surface area contributed by atoms with E-state index in [2.05, 4.69) is 10.6 Å². The summed E-state index contributed by atoms with van der Waals surface area (Å²) in [7, 11) is 0. The number of anilines is 2. The van der Waals surface area contributed by atoms with Crippen LogP contribution in [0.5, 0.6) is 0 Å². The first-order chi connectivity index (χ1) is 14.7. The van der Waals surface area contributed by atoms with Gasteiger partial charge in [-0.3, -0.25) is 24.5 Å². The Hall–Kier alpha value is -3.96. The van der Waals surface area contributed by atoms with Crippen molar-refractivity contribution in [2.75, 3.05) is 23.3 Å². The fourth-order valence-corrected chi connectivity index (χ4v) is 3.03. The molecule has 1 aliphatic rings. The average Bonchev–Trinajstić information content (AvgIpc) is 3.11. The van der Waals surface area contributed by atoms with Crippen LogP contribution in [-0.2, 0) is 14.4 Å². The van der Waals surface area contributed by atoms with E-state index >= 15 is 0 Å². The maximum atomic E-state index is 13.5. The molecular formula is C19H15F3N4O5. The predicted molar refractivity (Wildman–Crippen MR) is 102 cm³/mol. The first-order valence-electron chi connectivity index (χ1n) is 8.92. The summed E-state index contributed by atoms with van der Waals surface area (Å²) in [6.07, 6.45) is -0.207. The molecule has 1 atom stereocenters. The molecule has 0 aromatic heterocycles. The summed E-state index contributed by atoms with van der Waals surface area (Å²) in [4.78, 5) is 47.5. The van der Waals surface area contributed by atoms with Crippen molar-refractivity contribution in [3.63, 3.8) is 0 Å². The lowest BCUT2D eigenvalue weighted by Crippen LogP contribution is -2.37. The summed E-state index contributed by atoms with van der Waals surface area (Å²) in [6, 6.07) is 5.72. The summed E-state index contributed by atoms with van der Waals surface area (Å²) < 4.78 is 39.6. The van der Waals surface area contributed by atoms with E-state index in [0.29, 0.717) is 0 Å². The van der Waals surface area contributed by atoms with E-state index in [-0.39, 0.29) is 24.3 Å². The molecule has 1 fully saturated rings. The summed E-state index contributed by atoms with van der Waals surface area (Å²) in [5.41, 5.74) is -0.727. The summed E-state index contributed by atoms with van der Waals surface area (Å²) in [5.74, 6) is -5.93. The Labute approximate surface area is 173 Å². The van der Waals surface area contributed by atoms with Crippen molar-refractivity contribution in [3.05, 3.63) is 64.0 Å². The number of hydrogen-bond donors (Lipinski definition) is 2. The van der Waals surface area contributed by atoms with Crippen LogP contribution in [0.1, 0.15) is 6.42 Å². The number of rotatable bonds is 6. The second-order valence-corrected chi connectivity index (χ2v) is 6.69. The lowest BCUT2D eigenvalue weighted by atomic mass is 10.1. The van der Waals surface area contributed by atoms with Gasteiger partial charge in [-0.15, -0.1) is 0 Å². The highest BCUT2D eigenvalue weighted by Crippen LogP contribution is 2.29. The molecule has 3 rings (SSSR count). The molecule has 0 radical (unpaired) electrons. The molecule has 2 aromatic rings. The third-order valence-corrected chi connectivity index (χ3v) is 4.56. The number of carbonyl (C=O) groups excluding carboxylic acids is 3. The third-order valence-electron chi connectivity index (χ3n) is 4.56. The van der Waals surface area contributed by atoms with Gasteiger partial charge >= 0.3 is 5.69 Å². The quantitative estimate of drug-likeness (QED) is 0.531. The van der Waals surface area contributed by atoms with E-state index in [4.69, 9.17) is 0 Å². The minimum atomic E-state index is -1.15. The summed E-state index contributed by atoms with van der Waals surface area (Å²) in [6.45, 7) is -0.594. The molecule has 31 heavy (non-hydrogen) atoms. The molecule has 0 bridgehead atoms. The molecule has 1 saturated heterocycles. The van der Waals surface area contributed by atoms with E-state index in [1.165, 1.54) is 6.07 Å². The van der Waals surface area contributed by atoms with Gasteiger partial charge in [0.1, 0.15) is 0 Å². The number of amides is 3. The molecule has 0 saturated carbocycles. The van der Waals surface area contributed by atoms with Gasteiger partial charge in [0, 0.05) is 30.8 Å². The van der Waals surface area contributed by atoms with Crippen LogP contribution >= 0.6 is 0 Å². The first kappa shape index (κ1) is 21.7. The molecular weight excluding hydrogens is 421 g/mol. The van der Waals surface area contributed by atoms with Crippen LogP contribution in [0.15, 0.2) is 36.4 Å². The van der Waals surface area contributed by atoms with Crippen LogP contribution in [0.3, 0.4) is 0 Å². The number of nitrogens with zero attached hydrogens (tertiary/aromatic N) is 2. The van der Waals surface area contributed by atoms with Crippen molar-refractivity contribution in [2.45, 2.75) is 6.42 Å². The van der Waals surface area contributed by atoms with Crippen molar-refractivity contribution < 1.29 is 32.5 Å². The third kappa shape index (κ3) is 4.97. The van der Waals surface area contributed by atoms with E-state index < -0.39 is 58.2 Å². The normalized spacial score (nSPS) is 15.6. The van der Waals surface area contributed by atoms with Gasteiger partial charge in [0.15, 0.2) is 11.6 Å². The van der Waals surface area contributed by atoms with Crippen molar-refractivity contribution in [2.24, 2.45) is 5.92 Å². The zero-order valence-electron chi connectivity index (χ0n) is 15.7. The van der Waals surface area contributed by atoms with Crippen LogP contribution in [-0.4, -0.2) is 35.7 Å². The fourth-order valence-electron chi connectivity index (χ4n) is 3.03. The average molecular weight is 436 g/mol. The SMILES string of the molecule is O=C(CNC(=O)[C@H]1CC(=O)N(c2ccc(F)c([N+](=O)[O-])c2)C1)Nc1ccc(F)c(F)c1. The number of nitro benzene ring substituents is 1. The Kier molecular flexibility index (Phi) is 6.18. The molecule has 1 aliphatic heterocycles. The van der Waals surface area contributed by atoms with Crippen LogP contribution in [0.4, 0.5) is 30.2 Å². The zero-order valence-corrected chi connectivity index (χ0v) is 15.7. The second kappa shape index (κ2) is 8.81. The van der Waals surface area contributed by atoms with Crippen LogP contribution in [0.2, 0.25) is 0 Å². The van der Waals surface area contributed by atoms with Crippen LogP contribution in [0, 0.1) is 33.5 Å². The Bertz CT molecular complexity index is 1080. The highest BCUT2D eigenvalue weighted by atomic mass is 19.2. The maximum Gasteiger partial charge on any atom is 0.306 e. The molecule has 9 nitrogen and oxygen atoms in total. The van der Waals surface area contributed by atoms with Crippen LogP contribution < -0.4 is 15.5 Å². The predicted octanol–water partition coefficient (Wildman–Crippen LogP) is 2.12. The van der Waals surface area contributed by atoms with Crippen molar-refractivity contribution in [3.8, 4) is 0 Å². The van der Waals surface area contributed by atoms with Gasteiger partial charge < -0.3 is 15.5 Å². The summed E-state index contributed by atoms with van der Waals surface area (Å²) >= 11 is 0. The van der Waals surface area contributed by atoms with Crippen molar-refractivity contribution in [1.82, 2.24) is 5.32 Å².